The van der Waals surface area contributed by atoms with E-state index in [0.717, 1.165) is 59.4 Å². The van der Waals surface area contributed by atoms with Crippen LogP contribution in [0.25, 0.3) is 11.3 Å². The molecule has 3 aromatic rings. The van der Waals surface area contributed by atoms with E-state index in [2.05, 4.69) is 15.2 Å². The third kappa shape index (κ3) is 4.07. The zero-order valence-electron chi connectivity index (χ0n) is 17.3. The fourth-order valence-electron chi connectivity index (χ4n) is 4.33. The summed E-state index contributed by atoms with van der Waals surface area (Å²) in [4.78, 5) is 6.77. The molecule has 0 saturated carbocycles. The number of nitrogens with one attached hydrogen (secondary N) is 1. The van der Waals surface area contributed by atoms with Crippen molar-refractivity contribution in [3.8, 4) is 11.3 Å². The van der Waals surface area contributed by atoms with Gasteiger partial charge in [-0.2, -0.15) is 0 Å². The molecule has 5 rings (SSSR count). The number of ether oxygens (including phenoxy) is 1. The predicted octanol–water partition coefficient (Wildman–Crippen LogP) is 5.45. The van der Waals surface area contributed by atoms with E-state index in [1.165, 1.54) is 0 Å². The van der Waals surface area contributed by atoms with Gasteiger partial charge in [-0.05, 0) is 67.9 Å². The number of rotatable bonds is 5. The number of halogens is 1. The molecule has 0 amide bonds. The molecule has 3 atom stereocenters. The van der Waals surface area contributed by atoms with Gasteiger partial charge < -0.3 is 19.4 Å². The summed E-state index contributed by atoms with van der Waals surface area (Å²) in [5.41, 5.74) is 2.93. The molecular formula is C24H24ClN3O2S. The lowest BCUT2D eigenvalue weighted by Gasteiger charge is -2.28. The predicted molar refractivity (Wildman–Crippen MR) is 125 cm³/mol. The van der Waals surface area contributed by atoms with Crippen molar-refractivity contribution in [2.45, 2.75) is 38.0 Å². The minimum atomic E-state index is -0.110. The quantitative estimate of drug-likeness (QED) is 0.518. The number of thiocarbonyl (C=S) groups is 1. The SMILES string of the molecule is Cc1ccc(-c2ccc([C@H]3[C@H](c4ccccn4)NC(=S)N3C[C@@H]3CCCO3)o2)cc1Cl. The summed E-state index contributed by atoms with van der Waals surface area (Å²) < 4.78 is 12.3. The van der Waals surface area contributed by atoms with Crippen LogP contribution in [0.15, 0.2) is 59.1 Å². The summed E-state index contributed by atoms with van der Waals surface area (Å²) in [6.07, 6.45) is 4.12. The maximum Gasteiger partial charge on any atom is 0.170 e. The highest BCUT2D eigenvalue weighted by molar-refractivity contribution is 7.80. The summed E-state index contributed by atoms with van der Waals surface area (Å²) >= 11 is 12.1. The van der Waals surface area contributed by atoms with Gasteiger partial charge in [0.15, 0.2) is 5.11 Å². The highest BCUT2D eigenvalue weighted by atomic mass is 35.5. The van der Waals surface area contributed by atoms with Gasteiger partial charge in [0.1, 0.15) is 17.6 Å². The number of pyridine rings is 1. The van der Waals surface area contributed by atoms with Gasteiger partial charge in [0.05, 0.1) is 17.8 Å². The Labute approximate surface area is 192 Å². The average molecular weight is 454 g/mol. The molecule has 2 fully saturated rings. The molecule has 160 valence electrons. The number of aromatic nitrogens is 1. The second kappa shape index (κ2) is 8.61. The minimum Gasteiger partial charge on any atom is -0.459 e. The Morgan fingerprint density at radius 3 is 2.87 bits per heavy atom. The number of benzene rings is 1. The zero-order chi connectivity index (χ0) is 21.4. The van der Waals surface area contributed by atoms with Crippen LogP contribution in [0.4, 0.5) is 0 Å². The molecule has 0 aliphatic carbocycles. The normalized spacial score (nSPS) is 23.4. The first-order valence-corrected chi connectivity index (χ1v) is 11.3. The van der Waals surface area contributed by atoms with E-state index in [1.54, 1.807) is 0 Å². The van der Waals surface area contributed by atoms with E-state index in [0.29, 0.717) is 5.11 Å². The van der Waals surface area contributed by atoms with Crippen molar-refractivity contribution in [3.05, 3.63) is 76.8 Å². The van der Waals surface area contributed by atoms with Crippen molar-refractivity contribution in [2.75, 3.05) is 13.2 Å². The van der Waals surface area contributed by atoms with Crippen LogP contribution in [0.1, 0.15) is 41.9 Å². The maximum absolute atomic E-state index is 6.37. The fourth-order valence-corrected chi connectivity index (χ4v) is 4.83. The van der Waals surface area contributed by atoms with Crippen molar-refractivity contribution in [1.82, 2.24) is 15.2 Å². The Kier molecular flexibility index (Phi) is 5.69. The molecule has 0 unspecified atom stereocenters. The third-order valence-electron chi connectivity index (χ3n) is 6.00. The van der Waals surface area contributed by atoms with Crippen LogP contribution in [0.5, 0.6) is 0 Å². The van der Waals surface area contributed by atoms with Crippen LogP contribution < -0.4 is 5.32 Å². The fraction of sp³-hybridized carbons (Fsp3) is 0.333. The lowest BCUT2D eigenvalue weighted by molar-refractivity contribution is 0.0818. The highest BCUT2D eigenvalue weighted by Gasteiger charge is 2.42. The largest absolute Gasteiger partial charge is 0.459 e. The van der Waals surface area contributed by atoms with Crippen molar-refractivity contribution in [2.24, 2.45) is 0 Å². The van der Waals surface area contributed by atoms with Gasteiger partial charge in [-0.3, -0.25) is 4.98 Å². The molecular weight excluding hydrogens is 430 g/mol. The van der Waals surface area contributed by atoms with Crippen molar-refractivity contribution < 1.29 is 9.15 Å². The van der Waals surface area contributed by atoms with Gasteiger partial charge in [-0.15, -0.1) is 0 Å². The minimum absolute atomic E-state index is 0.101. The Morgan fingerprint density at radius 2 is 2.13 bits per heavy atom. The van der Waals surface area contributed by atoms with Crippen LogP contribution in [0.3, 0.4) is 0 Å². The molecule has 1 N–H and O–H groups in total. The van der Waals surface area contributed by atoms with Crippen LogP contribution in [-0.4, -0.2) is 34.3 Å². The Hall–Kier alpha value is -2.41. The molecule has 0 radical (unpaired) electrons. The molecule has 2 aliphatic rings. The second-order valence-corrected chi connectivity index (χ2v) is 8.87. The maximum atomic E-state index is 6.37. The Balaban J connectivity index is 1.50. The topological polar surface area (TPSA) is 50.5 Å². The van der Waals surface area contributed by atoms with Crippen LogP contribution in [-0.2, 0) is 4.74 Å². The molecule has 2 aliphatic heterocycles. The molecule has 5 nitrogen and oxygen atoms in total. The first-order valence-electron chi connectivity index (χ1n) is 10.6. The monoisotopic (exact) mass is 453 g/mol. The van der Waals surface area contributed by atoms with E-state index >= 15 is 0 Å². The second-order valence-electron chi connectivity index (χ2n) is 8.08. The first kappa shape index (κ1) is 20.5. The molecule has 1 aromatic carbocycles. The number of hydrogen-bond donors (Lipinski definition) is 1. The zero-order valence-corrected chi connectivity index (χ0v) is 18.8. The molecule has 2 saturated heterocycles. The number of nitrogens with zero attached hydrogens (tertiary/aromatic N) is 2. The lowest BCUT2D eigenvalue weighted by atomic mass is 10.0. The van der Waals surface area contributed by atoms with Crippen molar-refractivity contribution >= 4 is 28.9 Å². The molecule has 31 heavy (non-hydrogen) atoms. The van der Waals surface area contributed by atoms with Gasteiger partial charge in [0, 0.05) is 29.9 Å². The number of aryl methyl sites for hydroxylation is 1. The lowest BCUT2D eigenvalue weighted by Crippen LogP contribution is -2.36. The molecule has 0 bridgehead atoms. The number of hydrogen-bond acceptors (Lipinski definition) is 4. The average Bonchev–Trinajstić information content (AvgIpc) is 3.52. The van der Waals surface area contributed by atoms with E-state index in [9.17, 15) is 0 Å². The summed E-state index contributed by atoms with van der Waals surface area (Å²) in [7, 11) is 0. The summed E-state index contributed by atoms with van der Waals surface area (Å²) in [6.45, 7) is 3.53. The molecule has 4 heterocycles. The summed E-state index contributed by atoms with van der Waals surface area (Å²) in [5.74, 6) is 1.62. The molecule has 0 spiro atoms. The van der Waals surface area contributed by atoms with E-state index in [-0.39, 0.29) is 18.2 Å². The van der Waals surface area contributed by atoms with Crippen molar-refractivity contribution in [1.29, 1.82) is 0 Å². The van der Waals surface area contributed by atoms with E-state index in [4.69, 9.17) is 33.0 Å². The van der Waals surface area contributed by atoms with Crippen LogP contribution >= 0.6 is 23.8 Å². The van der Waals surface area contributed by atoms with Gasteiger partial charge in [0.2, 0.25) is 0 Å². The molecule has 7 heteroatoms. The highest BCUT2D eigenvalue weighted by Crippen LogP contribution is 2.41. The number of furan rings is 1. The third-order valence-corrected chi connectivity index (χ3v) is 6.76. The van der Waals surface area contributed by atoms with E-state index < -0.39 is 0 Å². The first-order chi connectivity index (χ1) is 15.1. The Morgan fingerprint density at radius 1 is 1.23 bits per heavy atom. The van der Waals surface area contributed by atoms with Crippen molar-refractivity contribution in [3.63, 3.8) is 0 Å². The summed E-state index contributed by atoms with van der Waals surface area (Å²) in [5, 5.41) is 4.90. The summed E-state index contributed by atoms with van der Waals surface area (Å²) in [6, 6.07) is 15.7. The van der Waals surface area contributed by atoms with Crippen LogP contribution in [0, 0.1) is 6.92 Å². The van der Waals surface area contributed by atoms with E-state index in [1.807, 2.05) is 61.7 Å². The Bertz CT molecular complexity index is 1080. The van der Waals surface area contributed by atoms with Gasteiger partial charge >= 0.3 is 0 Å². The molecule has 2 aromatic heterocycles. The smallest absolute Gasteiger partial charge is 0.170 e. The standard InChI is InChI=1S/C24H24ClN3O2S/c1-15-7-8-16(13-18(15)25)20-9-10-21(30-20)23-22(19-6-2-3-11-26-19)27-24(31)28(23)14-17-5-4-12-29-17/h2-3,6-11,13,17,22-23H,4-5,12,14H2,1H3,(H,27,31)/t17-,22-,23-/m0/s1. The van der Waals surface area contributed by atoms with Crippen LogP contribution in [0.2, 0.25) is 5.02 Å². The van der Waals surface area contributed by atoms with Gasteiger partial charge in [0.25, 0.3) is 0 Å². The van der Waals surface area contributed by atoms with Gasteiger partial charge in [-0.1, -0.05) is 29.8 Å². The van der Waals surface area contributed by atoms with Gasteiger partial charge in [-0.25, -0.2) is 0 Å².